The number of amides is 1. The molecule has 0 aliphatic carbocycles. The number of pyridine rings is 1. The van der Waals surface area contributed by atoms with Gasteiger partial charge in [-0.3, -0.25) is 9.78 Å². The standard InChI is InChI=1S/C20H17ClN2O2/c21-19-7-2-1-4-17(19)14-25-18-6-3-5-16(12-18)20(24)23-13-15-8-10-22-11-9-15/h1-12H,13-14H2,(H,23,24). The van der Waals surface area contributed by atoms with Crippen LogP contribution in [-0.4, -0.2) is 10.9 Å². The van der Waals surface area contributed by atoms with E-state index in [1.165, 1.54) is 0 Å². The largest absolute Gasteiger partial charge is 0.489 e. The lowest BCUT2D eigenvalue weighted by Crippen LogP contribution is -2.22. The van der Waals surface area contributed by atoms with Gasteiger partial charge in [0, 0.05) is 35.1 Å². The van der Waals surface area contributed by atoms with Gasteiger partial charge < -0.3 is 10.1 Å². The van der Waals surface area contributed by atoms with E-state index in [1.807, 2.05) is 42.5 Å². The number of hydrogen-bond acceptors (Lipinski definition) is 3. The third-order valence-electron chi connectivity index (χ3n) is 3.65. The van der Waals surface area contributed by atoms with Gasteiger partial charge in [0.25, 0.3) is 5.91 Å². The molecule has 0 fully saturated rings. The third kappa shape index (κ3) is 4.81. The van der Waals surface area contributed by atoms with Gasteiger partial charge in [-0.1, -0.05) is 35.9 Å². The van der Waals surface area contributed by atoms with Crippen LogP contribution in [0.1, 0.15) is 21.5 Å². The van der Waals surface area contributed by atoms with Gasteiger partial charge in [-0.25, -0.2) is 0 Å². The van der Waals surface area contributed by atoms with Crippen molar-refractivity contribution in [2.45, 2.75) is 13.2 Å². The summed E-state index contributed by atoms with van der Waals surface area (Å²) >= 11 is 6.12. The van der Waals surface area contributed by atoms with Gasteiger partial charge in [-0.15, -0.1) is 0 Å². The zero-order valence-corrected chi connectivity index (χ0v) is 14.2. The summed E-state index contributed by atoms with van der Waals surface area (Å²) in [6, 6.07) is 18.3. The van der Waals surface area contributed by atoms with Gasteiger partial charge in [-0.2, -0.15) is 0 Å². The molecule has 1 aromatic heterocycles. The molecule has 25 heavy (non-hydrogen) atoms. The van der Waals surface area contributed by atoms with Gasteiger partial charge in [-0.05, 0) is 42.0 Å². The molecule has 4 nitrogen and oxygen atoms in total. The first-order chi connectivity index (χ1) is 12.2. The molecular formula is C20H17ClN2O2. The van der Waals surface area contributed by atoms with Crippen LogP contribution >= 0.6 is 11.6 Å². The van der Waals surface area contributed by atoms with Crippen molar-refractivity contribution >= 4 is 17.5 Å². The molecule has 0 saturated heterocycles. The van der Waals surface area contributed by atoms with Crippen LogP contribution in [0.25, 0.3) is 0 Å². The van der Waals surface area contributed by atoms with Crippen LogP contribution in [0.5, 0.6) is 5.75 Å². The lowest BCUT2D eigenvalue weighted by Gasteiger charge is -2.10. The average Bonchev–Trinajstić information content (AvgIpc) is 2.66. The fourth-order valence-corrected chi connectivity index (χ4v) is 2.48. The number of carbonyl (C=O) groups is 1. The van der Waals surface area contributed by atoms with E-state index >= 15 is 0 Å². The van der Waals surface area contributed by atoms with Crippen LogP contribution in [0.3, 0.4) is 0 Å². The molecule has 3 rings (SSSR count). The molecule has 0 aliphatic heterocycles. The van der Waals surface area contributed by atoms with Gasteiger partial charge in [0.2, 0.25) is 0 Å². The van der Waals surface area contributed by atoms with Crippen molar-refractivity contribution in [3.63, 3.8) is 0 Å². The van der Waals surface area contributed by atoms with Crippen molar-refractivity contribution in [1.82, 2.24) is 10.3 Å². The van der Waals surface area contributed by atoms with Crippen LogP contribution in [0.2, 0.25) is 5.02 Å². The molecule has 0 radical (unpaired) electrons. The van der Waals surface area contributed by atoms with E-state index in [1.54, 1.807) is 30.6 Å². The van der Waals surface area contributed by atoms with Crippen LogP contribution in [0.15, 0.2) is 73.1 Å². The van der Waals surface area contributed by atoms with Crippen molar-refractivity contribution in [2.75, 3.05) is 0 Å². The zero-order chi connectivity index (χ0) is 17.5. The molecule has 0 saturated carbocycles. The number of benzene rings is 2. The van der Waals surface area contributed by atoms with E-state index in [4.69, 9.17) is 16.3 Å². The summed E-state index contributed by atoms with van der Waals surface area (Å²) in [5.74, 6) is 0.469. The summed E-state index contributed by atoms with van der Waals surface area (Å²) in [5, 5.41) is 3.54. The van der Waals surface area contributed by atoms with E-state index in [-0.39, 0.29) is 5.91 Å². The van der Waals surface area contributed by atoms with E-state index in [2.05, 4.69) is 10.3 Å². The summed E-state index contributed by atoms with van der Waals surface area (Å²) in [6.07, 6.45) is 3.40. The normalized spacial score (nSPS) is 10.3. The van der Waals surface area contributed by atoms with E-state index in [0.717, 1.165) is 11.1 Å². The van der Waals surface area contributed by atoms with Crippen LogP contribution < -0.4 is 10.1 Å². The first kappa shape index (κ1) is 17.0. The van der Waals surface area contributed by atoms with Crippen molar-refractivity contribution in [3.05, 3.63) is 94.8 Å². The Morgan fingerprint density at radius 2 is 1.84 bits per heavy atom. The minimum absolute atomic E-state index is 0.153. The summed E-state index contributed by atoms with van der Waals surface area (Å²) < 4.78 is 5.75. The van der Waals surface area contributed by atoms with E-state index in [9.17, 15) is 4.79 Å². The quantitative estimate of drug-likeness (QED) is 0.721. The number of carbonyl (C=O) groups excluding carboxylic acids is 1. The number of halogens is 1. The smallest absolute Gasteiger partial charge is 0.251 e. The molecule has 0 atom stereocenters. The Kier molecular flexibility index (Phi) is 5.65. The van der Waals surface area contributed by atoms with Gasteiger partial charge in [0.15, 0.2) is 0 Å². The highest BCUT2D eigenvalue weighted by atomic mass is 35.5. The Labute approximate surface area is 151 Å². The number of aromatic nitrogens is 1. The highest BCUT2D eigenvalue weighted by molar-refractivity contribution is 6.31. The molecule has 1 amide bonds. The first-order valence-corrected chi connectivity index (χ1v) is 8.23. The maximum absolute atomic E-state index is 12.3. The second-order valence-corrected chi connectivity index (χ2v) is 5.85. The Bertz CT molecular complexity index is 853. The molecular weight excluding hydrogens is 336 g/mol. The number of nitrogens with zero attached hydrogens (tertiary/aromatic N) is 1. The highest BCUT2D eigenvalue weighted by Crippen LogP contribution is 2.19. The molecule has 1 heterocycles. The lowest BCUT2D eigenvalue weighted by molar-refractivity contribution is 0.0950. The molecule has 0 unspecified atom stereocenters. The second kappa shape index (κ2) is 8.31. The highest BCUT2D eigenvalue weighted by Gasteiger charge is 2.07. The van der Waals surface area contributed by atoms with Crippen molar-refractivity contribution in [3.8, 4) is 5.75 Å². The molecule has 3 aromatic rings. The zero-order valence-electron chi connectivity index (χ0n) is 13.5. The third-order valence-corrected chi connectivity index (χ3v) is 4.02. The summed E-state index contributed by atoms with van der Waals surface area (Å²) in [5.41, 5.74) is 2.44. The second-order valence-electron chi connectivity index (χ2n) is 5.45. The Morgan fingerprint density at radius 3 is 2.64 bits per heavy atom. The molecule has 0 bridgehead atoms. The predicted molar refractivity (Wildman–Crippen MR) is 97.6 cm³/mol. The molecule has 0 spiro atoms. The van der Waals surface area contributed by atoms with Crippen LogP contribution in [0, 0.1) is 0 Å². The summed E-state index contributed by atoms with van der Waals surface area (Å²) in [7, 11) is 0. The van der Waals surface area contributed by atoms with E-state index in [0.29, 0.717) is 29.5 Å². The Hall–Kier alpha value is -2.85. The minimum Gasteiger partial charge on any atom is -0.489 e. The topological polar surface area (TPSA) is 51.2 Å². The number of ether oxygens (including phenoxy) is 1. The molecule has 5 heteroatoms. The van der Waals surface area contributed by atoms with Gasteiger partial charge >= 0.3 is 0 Å². The first-order valence-electron chi connectivity index (χ1n) is 7.86. The minimum atomic E-state index is -0.153. The Morgan fingerprint density at radius 1 is 1.04 bits per heavy atom. The molecule has 2 aromatic carbocycles. The SMILES string of the molecule is O=C(NCc1ccncc1)c1cccc(OCc2ccccc2Cl)c1. The molecule has 126 valence electrons. The lowest BCUT2D eigenvalue weighted by atomic mass is 10.2. The van der Waals surface area contributed by atoms with Gasteiger partial charge in [0.1, 0.15) is 12.4 Å². The van der Waals surface area contributed by atoms with E-state index < -0.39 is 0 Å². The van der Waals surface area contributed by atoms with Crippen LogP contribution in [-0.2, 0) is 13.2 Å². The fraction of sp³-hybridized carbons (Fsp3) is 0.100. The maximum atomic E-state index is 12.3. The monoisotopic (exact) mass is 352 g/mol. The summed E-state index contributed by atoms with van der Waals surface area (Å²) in [4.78, 5) is 16.3. The number of hydrogen-bond donors (Lipinski definition) is 1. The number of rotatable bonds is 6. The fourth-order valence-electron chi connectivity index (χ4n) is 2.29. The molecule has 0 aliphatic rings. The van der Waals surface area contributed by atoms with Crippen LogP contribution in [0.4, 0.5) is 0 Å². The van der Waals surface area contributed by atoms with Crippen molar-refractivity contribution < 1.29 is 9.53 Å². The maximum Gasteiger partial charge on any atom is 0.251 e. The molecule has 1 N–H and O–H groups in total. The van der Waals surface area contributed by atoms with Crippen molar-refractivity contribution in [1.29, 1.82) is 0 Å². The predicted octanol–water partition coefficient (Wildman–Crippen LogP) is 4.24. The van der Waals surface area contributed by atoms with Crippen molar-refractivity contribution in [2.24, 2.45) is 0 Å². The van der Waals surface area contributed by atoms with Gasteiger partial charge in [0.05, 0.1) is 0 Å². The Balaban J connectivity index is 1.61. The average molecular weight is 353 g/mol. The number of nitrogens with one attached hydrogen (secondary N) is 1. The summed E-state index contributed by atoms with van der Waals surface area (Å²) in [6.45, 7) is 0.799.